The fourth-order valence-corrected chi connectivity index (χ4v) is 3.53. The van der Waals surface area contributed by atoms with E-state index >= 15 is 0 Å². The normalized spacial score (nSPS) is 33.8. The van der Waals surface area contributed by atoms with E-state index in [2.05, 4.69) is 6.92 Å². The van der Waals surface area contributed by atoms with Crippen molar-refractivity contribution in [1.82, 2.24) is 0 Å². The van der Waals surface area contributed by atoms with Crippen molar-refractivity contribution in [3.8, 4) is 0 Å². The van der Waals surface area contributed by atoms with E-state index in [9.17, 15) is 4.39 Å². The zero-order valence-corrected chi connectivity index (χ0v) is 12.8. The summed E-state index contributed by atoms with van der Waals surface area (Å²) < 4.78 is 24.8. The van der Waals surface area contributed by atoms with Gasteiger partial charge in [0.05, 0.1) is 13.2 Å². The minimum atomic E-state index is -0.151. The molecule has 2 aliphatic rings. The largest absolute Gasteiger partial charge is 0.352 e. The van der Waals surface area contributed by atoms with E-state index in [4.69, 9.17) is 9.47 Å². The van der Waals surface area contributed by atoms with Crippen molar-refractivity contribution in [3.63, 3.8) is 0 Å². The molecular formula is C18H25FO2. The third-order valence-electron chi connectivity index (χ3n) is 5.07. The van der Waals surface area contributed by atoms with Gasteiger partial charge in [-0.1, -0.05) is 19.1 Å². The van der Waals surface area contributed by atoms with Gasteiger partial charge in [0.1, 0.15) is 5.82 Å². The zero-order valence-electron chi connectivity index (χ0n) is 12.8. The Bertz CT molecular complexity index is 429. The molecule has 2 nitrogen and oxygen atoms in total. The highest BCUT2D eigenvalue weighted by atomic mass is 19.1. The van der Waals surface area contributed by atoms with Crippen LogP contribution in [0.25, 0.3) is 0 Å². The number of benzene rings is 1. The molecule has 1 saturated heterocycles. The Balaban J connectivity index is 1.50. The van der Waals surface area contributed by atoms with Crippen molar-refractivity contribution >= 4 is 0 Å². The Labute approximate surface area is 126 Å². The monoisotopic (exact) mass is 292 g/mol. The topological polar surface area (TPSA) is 18.5 Å². The summed E-state index contributed by atoms with van der Waals surface area (Å²) in [6.07, 6.45) is 5.71. The first-order valence-corrected chi connectivity index (χ1v) is 8.25. The van der Waals surface area contributed by atoms with E-state index in [-0.39, 0.29) is 12.1 Å². The Morgan fingerprint density at radius 2 is 1.62 bits per heavy atom. The molecule has 1 aromatic rings. The lowest BCUT2D eigenvalue weighted by atomic mass is 9.78. The molecule has 21 heavy (non-hydrogen) atoms. The lowest BCUT2D eigenvalue weighted by Crippen LogP contribution is -2.38. The molecule has 0 atom stereocenters. The van der Waals surface area contributed by atoms with E-state index in [0.717, 1.165) is 45.3 Å². The average Bonchev–Trinajstić information content (AvgIpc) is 2.56. The molecule has 3 rings (SSSR count). The molecule has 1 aromatic carbocycles. The first-order valence-electron chi connectivity index (χ1n) is 8.25. The van der Waals surface area contributed by atoms with Gasteiger partial charge >= 0.3 is 0 Å². The van der Waals surface area contributed by atoms with E-state index in [1.54, 1.807) is 12.1 Å². The van der Waals surface area contributed by atoms with E-state index < -0.39 is 0 Å². The van der Waals surface area contributed by atoms with Crippen LogP contribution in [-0.4, -0.2) is 19.5 Å². The van der Waals surface area contributed by atoms with Gasteiger partial charge in [-0.25, -0.2) is 4.39 Å². The van der Waals surface area contributed by atoms with Crippen LogP contribution in [0.15, 0.2) is 24.3 Å². The van der Waals surface area contributed by atoms with Crippen molar-refractivity contribution in [2.45, 2.75) is 51.2 Å². The van der Waals surface area contributed by atoms with Crippen LogP contribution in [-0.2, 0) is 9.47 Å². The Morgan fingerprint density at radius 1 is 1.00 bits per heavy atom. The molecule has 0 N–H and O–H groups in total. The van der Waals surface area contributed by atoms with Crippen LogP contribution >= 0.6 is 0 Å². The van der Waals surface area contributed by atoms with E-state index in [1.807, 2.05) is 12.1 Å². The minimum Gasteiger partial charge on any atom is -0.352 e. The second-order valence-electron chi connectivity index (χ2n) is 6.47. The highest BCUT2D eigenvalue weighted by Gasteiger charge is 2.32. The van der Waals surface area contributed by atoms with Gasteiger partial charge in [-0.05, 0) is 55.7 Å². The van der Waals surface area contributed by atoms with Gasteiger partial charge in [-0.15, -0.1) is 0 Å². The molecule has 0 aromatic heterocycles. The van der Waals surface area contributed by atoms with Crippen molar-refractivity contribution in [3.05, 3.63) is 35.6 Å². The number of hydrogen-bond donors (Lipinski definition) is 0. The van der Waals surface area contributed by atoms with Crippen molar-refractivity contribution < 1.29 is 13.9 Å². The summed E-state index contributed by atoms with van der Waals surface area (Å²) in [6, 6.07) is 7.00. The van der Waals surface area contributed by atoms with Crippen LogP contribution in [0.3, 0.4) is 0 Å². The maximum absolute atomic E-state index is 13.0. The van der Waals surface area contributed by atoms with Crippen LogP contribution in [0.5, 0.6) is 0 Å². The standard InChI is InChI=1S/C18H25FO2/c1-2-13-11-20-18(21-12-13)16-5-3-14(4-6-16)15-7-9-17(19)10-8-15/h7-10,13-14,16,18H,2-6,11-12H2,1H3. The Morgan fingerprint density at radius 3 is 2.19 bits per heavy atom. The van der Waals surface area contributed by atoms with Gasteiger partial charge in [-0.3, -0.25) is 0 Å². The molecule has 1 heterocycles. The molecule has 0 amide bonds. The van der Waals surface area contributed by atoms with Gasteiger partial charge in [0.2, 0.25) is 0 Å². The first-order chi connectivity index (χ1) is 10.3. The summed E-state index contributed by atoms with van der Waals surface area (Å²) in [7, 11) is 0. The van der Waals surface area contributed by atoms with Gasteiger partial charge in [0.25, 0.3) is 0 Å². The molecular weight excluding hydrogens is 267 g/mol. The second kappa shape index (κ2) is 6.89. The average molecular weight is 292 g/mol. The fourth-order valence-electron chi connectivity index (χ4n) is 3.53. The Kier molecular flexibility index (Phi) is 4.91. The van der Waals surface area contributed by atoms with Crippen molar-refractivity contribution in [2.75, 3.05) is 13.2 Å². The van der Waals surface area contributed by atoms with Crippen LogP contribution in [0, 0.1) is 17.7 Å². The molecule has 0 spiro atoms. The fraction of sp³-hybridized carbons (Fsp3) is 0.667. The predicted molar refractivity (Wildman–Crippen MR) is 80.6 cm³/mol. The van der Waals surface area contributed by atoms with Crippen molar-refractivity contribution in [2.24, 2.45) is 11.8 Å². The lowest BCUT2D eigenvalue weighted by Gasteiger charge is -2.37. The minimum absolute atomic E-state index is 0.00182. The zero-order chi connectivity index (χ0) is 14.7. The van der Waals surface area contributed by atoms with Gasteiger partial charge in [0, 0.05) is 11.8 Å². The van der Waals surface area contributed by atoms with E-state index in [1.165, 1.54) is 5.56 Å². The SMILES string of the molecule is CCC1COC(C2CCC(c3ccc(F)cc3)CC2)OC1. The van der Waals surface area contributed by atoms with E-state index in [0.29, 0.717) is 17.8 Å². The summed E-state index contributed by atoms with van der Waals surface area (Å²) in [4.78, 5) is 0. The van der Waals surface area contributed by atoms with Gasteiger partial charge in [-0.2, -0.15) is 0 Å². The summed E-state index contributed by atoms with van der Waals surface area (Å²) in [6.45, 7) is 3.88. The summed E-state index contributed by atoms with van der Waals surface area (Å²) in [5.74, 6) is 1.51. The van der Waals surface area contributed by atoms with Crippen LogP contribution in [0.4, 0.5) is 4.39 Å². The molecule has 1 aliphatic carbocycles. The number of rotatable bonds is 3. The van der Waals surface area contributed by atoms with Crippen LogP contribution in [0.2, 0.25) is 0 Å². The maximum atomic E-state index is 13.0. The first kappa shape index (κ1) is 15.0. The predicted octanol–water partition coefficient (Wildman–Crippen LogP) is 4.50. The molecule has 1 saturated carbocycles. The summed E-state index contributed by atoms with van der Waals surface area (Å²) in [5, 5.41) is 0. The lowest BCUT2D eigenvalue weighted by molar-refractivity contribution is -0.228. The number of halogens is 1. The highest BCUT2D eigenvalue weighted by molar-refractivity contribution is 5.20. The molecule has 0 unspecified atom stereocenters. The second-order valence-corrected chi connectivity index (χ2v) is 6.47. The highest BCUT2D eigenvalue weighted by Crippen LogP contribution is 2.38. The number of hydrogen-bond acceptors (Lipinski definition) is 2. The molecule has 116 valence electrons. The quantitative estimate of drug-likeness (QED) is 0.816. The van der Waals surface area contributed by atoms with Crippen molar-refractivity contribution in [1.29, 1.82) is 0 Å². The van der Waals surface area contributed by atoms with Crippen LogP contribution < -0.4 is 0 Å². The number of ether oxygens (including phenoxy) is 2. The van der Waals surface area contributed by atoms with Crippen LogP contribution in [0.1, 0.15) is 50.5 Å². The molecule has 3 heteroatoms. The third-order valence-corrected chi connectivity index (χ3v) is 5.07. The smallest absolute Gasteiger partial charge is 0.160 e. The molecule has 1 aliphatic heterocycles. The molecule has 0 radical (unpaired) electrons. The third kappa shape index (κ3) is 3.64. The maximum Gasteiger partial charge on any atom is 0.160 e. The molecule has 2 fully saturated rings. The van der Waals surface area contributed by atoms with Gasteiger partial charge < -0.3 is 9.47 Å². The molecule has 0 bridgehead atoms. The summed E-state index contributed by atoms with van der Waals surface area (Å²) in [5.41, 5.74) is 1.27. The summed E-state index contributed by atoms with van der Waals surface area (Å²) >= 11 is 0. The Hall–Kier alpha value is -0.930. The van der Waals surface area contributed by atoms with Gasteiger partial charge in [0.15, 0.2) is 6.29 Å².